The number of nitrogens with two attached hydrogens (primary N) is 1. The van der Waals surface area contributed by atoms with Crippen molar-refractivity contribution in [3.63, 3.8) is 0 Å². The molecule has 1 aromatic heterocycles. The minimum absolute atomic E-state index is 0.00464. The summed E-state index contributed by atoms with van der Waals surface area (Å²) in [6, 6.07) is 5.45. The van der Waals surface area contributed by atoms with E-state index in [-0.39, 0.29) is 15.3 Å². The Kier molecular flexibility index (Phi) is 11.6. The summed E-state index contributed by atoms with van der Waals surface area (Å²) in [5.74, 6) is -0.360. The number of nitrogens with zero attached hydrogens (tertiary/aromatic N) is 4. The molecule has 2 aromatic rings. The molecule has 2 amide bonds. The number of benzene rings is 1. The second-order valence-electron chi connectivity index (χ2n) is 9.56. The van der Waals surface area contributed by atoms with E-state index in [4.69, 9.17) is 10.5 Å². The fraction of sp³-hybridized carbons (Fsp3) is 0.615. The van der Waals surface area contributed by atoms with Crippen LogP contribution in [0.1, 0.15) is 90.4 Å². The number of hydrogen-bond donors (Lipinski definition) is 1. The average molecular weight is 566 g/mol. The Labute approximate surface area is 229 Å². The lowest BCUT2D eigenvalue weighted by Gasteiger charge is -2.27. The van der Waals surface area contributed by atoms with Gasteiger partial charge in [-0.25, -0.2) is 0 Å². The third kappa shape index (κ3) is 7.57. The fourth-order valence-electron chi connectivity index (χ4n) is 4.43. The molecule has 2 heterocycles. The highest BCUT2D eigenvalue weighted by Gasteiger charge is 2.45. The van der Waals surface area contributed by atoms with Gasteiger partial charge in [0.1, 0.15) is 5.75 Å². The lowest BCUT2D eigenvalue weighted by Crippen LogP contribution is -2.52. The zero-order valence-electron chi connectivity index (χ0n) is 22.3. The van der Waals surface area contributed by atoms with Crippen LogP contribution in [0.15, 0.2) is 29.4 Å². The minimum Gasteiger partial charge on any atom is -0.497 e. The highest BCUT2D eigenvalue weighted by atomic mass is 32.2. The molecule has 1 aromatic carbocycles. The van der Waals surface area contributed by atoms with Crippen LogP contribution >= 0.6 is 11.8 Å². The summed E-state index contributed by atoms with van der Waals surface area (Å²) in [6.07, 6.45) is 14.4. The number of methoxy groups -OCH3 is 1. The summed E-state index contributed by atoms with van der Waals surface area (Å²) >= 11 is 0.534. The van der Waals surface area contributed by atoms with Crippen molar-refractivity contribution < 1.29 is 22.7 Å². The molecule has 0 radical (unpaired) electrons. The third-order valence-electron chi connectivity index (χ3n) is 6.64. The smallest absolute Gasteiger partial charge is 0.343 e. The number of carbonyl (C=O) groups is 2. The summed E-state index contributed by atoms with van der Waals surface area (Å²) in [7, 11) is -3.07. The molecular weight excluding hydrogens is 526 g/mol. The molecule has 210 valence electrons. The quantitative estimate of drug-likeness (QED) is 0.261. The monoisotopic (exact) mass is 565 g/mol. The fourth-order valence-corrected chi connectivity index (χ4v) is 7.10. The van der Waals surface area contributed by atoms with Crippen LogP contribution in [-0.2, 0) is 15.0 Å². The van der Waals surface area contributed by atoms with E-state index in [1.807, 2.05) is 0 Å². The van der Waals surface area contributed by atoms with Crippen LogP contribution < -0.4 is 10.5 Å². The molecule has 2 N–H and O–H groups in total. The molecule has 0 bridgehead atoms. The van der Waals surface area contributed by atoms with Crippen molar-refractivity contribution in [3.05, 3.63) is 24.3 Å². The SMILES string of the molecule is CCCCCCCCCCCCCCC(N)C(=O)N1C(=O)Sc2nnc(-c3ccc(OC)cc3)n2S1(=O)=O. The summed E-state index contributed by atoms with van der Waals surface area (Å²) in [5, 5.41) is 6.72. The zero-order valence-corrected chi connectivity index (χ0v) is 23.9. The van der Waals surface area contributed by atoms with Crippen LogP contribution in [0.5, 0.6) is 5.75 Å². The van der Waals surface area contributed by atoms with Crippen LogP contribution in [0, 0.1) is 0 Å². The van der Waals surface area contributed by atoms with Gasteiger partial charge in [0.15, 0.2) is 5.82 Å². The van der Waals surface area contributed by atoms with E-state index in [0.717, 1.165) is 23.2 Å². The van der Waals surface area contributed by atoms with Gasteiger partial charge >= 0.3 is 15.4 Å². The molecule has 0 aliphatic carbocycles. The Morgan fingerprint density at radius 2 is 1.50 bits per heavy atom. The number of amides is 2. The number of imide groups is 1. The van der Waals surface area contributed by atoms with Gasteiger partial charge in [-0.15, -0.1) is 14.5 Å². The number of thioether (sulfide) groups is 1. The lowest BCUT2D eigenvalue weighted by atomic mass is 10.0. The van der Waals surface area contributed by atoms with Gasteiger partial charge < -0.3 is 10.5 Å². The first-order valence-corrected chi connectivity index (χ1v) is 15.7. The van der Waals surface area contributed by atoms with Crippen LogP contribution in [0.25, 0.3) is 11.4 Å². The first kappa shape index (κ1) is 30.1. The second kappa shape index (κ2) is 14.6. The number of aromatic nitrogens is 3. The average Bonchev–Trinajstić information content (AvgIpc) is 3.33. The van der Waals surface area contributed by atoms with Crippen molar-refractivity contribution in [2.45, 2.75) is 102 Å². The molecule has 12 heteroatoms. The first-order chi connectivity index (χ1) is 18.3. The van der Waals surface area contributed by atoms with E-state index in [0.29, 0.717) is 35.9 Å². The highest BCUT2D eigenvalue weighted by molar-refractivity contribution is 8.15. The van der Waals surface area contributed by atoms with Crippen LogP contribution in [0.4, 0.5) is 4.79 Å². The van der Waals surface area contributed by atoms with Crippen molar-refractivity contribution in [2.75, 3.05) is 7.11 Å². The molecule has 0 fully saturated rings. The molecule has 38 heavy (non-hydrogen) atoms. The van der Waals surface area contributed by atoms with Crippen molar-refractivity contribution in [2.24, 2.45) is 5.73 Å². The molecule has 10 nitrogen and oxygen atoms in total. The normalized spacial score (nSPS) is 15.3. The Balaban J connectivity index is 1.51. The Hall–Kier alpha value is -2.44. The molecule has 3 rings (SSSR count). The zero-order chi connectivity index (χ0) is 27.5. The summed E-state index contributed by atoms with van der Waals surface area (Å²) < 4.78 is 33.0. The maximum atomic E-state index is 13.4. The van der Waals surface area contributed by atoms with Gasteiger partial charge in [0.2, 0.25) is 5.16 Å². The summed E-state index contributed by atoms with van der Waals surface area (Å²) in [5.41, 5.74) is 6.51. The van der Waals surface area contributed by atoms with Gasteiger partial charge in [-0.2, -0.15) is 12.4 Å². The first-order valence-electron chi connectivity index (χ1n) is 13.5. The van der Waals surface area contributed by atoms with E-state index in [9.17, 15) is 18.0 Å². The molecule has 0 spiro atoms. The van der Waals surface area contributed by atoms with E-state index in [1.165, 1.54) is 58.5 Å². The van der Waals surface area contributed by atoms with Gasteiger partial charge in [-0.05, 0) is 30.7 Å². The number of hydrogen-bond acceptors (Lipinski definition) is 9. The van der Waals surface area contributed by atoms with E-state index >= 15 is 0 Å². The Morgan fingerprint density at radius 3 is 2.05 bits per heavy atom. The van der Waals surface area contributed by atoms with Crippen LogP contribution in [-0.4, -0.2) is 51.2 Å². The molecule has 0 saturated heterocycles. The van der Waals surface area contributed by atoms with Gasteiger partial charge in [0, 0.05) is 17.3 Å². The maximum Gasteiger partial charge on any atom is 0.343 e. The maximum absolute atomic E-state index is 13.4. The second-order valence-corrected chi connectivity index (χ2v) is 12.1. The standard InChI is InChI=1S/C26H39N5O5S2/c1-3-4-5-6-7-8-9-10-11-12-13-14-15-22(27)24(32)31-26(33)37-25-29-28-23(30(25)38(31,34)35)20-16-18-21(36-2)19-17-20/h16-19,22H,3-15,27H2,1-2H3. The summed E-state index contributed by atoms with van der Waals surface area (Å²) in [4.78, 5) is 25.7. The van der Waals surface area contributed by atoms with Crippen LogP contribution in [0.2, 0.25) is 0 Å². The lowest BCUT2D eigenvalue weighted by molar-refractivity contribution is -0.125. The van der Waals surface area contributed by atoms with Gasteiger partial charge in [0.25, 0.3) is 5.91 Å². The van der Waals surface area contributed by atoms with E-state index in [1.54, 1.807) is 24.3 Å². The third-order valence-corrected chi connectivity index (χ3v) is 9.29. The number of unbranched alkanes of at least 4 members (excludes halogenated alkanes) is 11. The Bertz CT molecular complexity index is 1170. The van der Waals surface area contributed by atoms with Gasteiger partial charge in [-0.1, -0.05) is 84.0 Å². The predicted molar refractivity (Wildman–Crippen MR) is 148 cm³/mol. The Morgan fingerprint density at radius 1 is 0.947 bits per heavy atom. The molecular formula is C26H39N5O5S2. The largest absolute Gasteiger partial charge is 0.497 e. The van der Waals surface area contributed by atoms with Gasteiger partial charge in [0.05, 0.1) is 13.2 Å². The van der Waals surface area contributed by atoms with Crippen molar-refractivity contribution in [1.82, 2.24) is 18.5 Å². The molecule has 0 saturated carbocycles. The van der Waals surface area contributed by atoms with Crippen molar-refractivity contribution in [3.8, 4) is 17.1 Å². The number of ether oxygens (including phenoxy) is 1. The van der Waals surface area contributed by atoms with E-state index < -0.39 is 27.4 Å². The molecule has 1 aliphatic heterocycles. The minimum atomic E-state index is -4.59. The number of carbonyl (C=O) groups excluding carboxylic acids is 2. The van der Waals surface area contributed by atoms with Crippen molar-refractivity contribution >= 4 is 33.1 Å². The van der Waals surface area contributed by atoms with Gasteiger partial charge in [-0.3, -0.25) is 9.59 Å². The topological polar surface area (TPSA) is 137 Å². The van der Waals surface area contributed by atoms with Crippen molar-refractivity contribution in [1.29, 1.82) is 0 Å². The predicted octanol–water partition coefficient (Wildman–Crippen LogP) is 5.52. The van der Waals surface area contributed by atoms with Crippen LogP contribution in [0.3, 0.4) is 0 Å². The number of fused-ring (bicyclic) bond motifs is 1. The molecule has 1 atom stereocenters. The summed E-state index contributed by atoms with van der Waals surface area (Å²) in [6.45, 7) is 2.23. The molecule has 1 unspecified atom stereocenters. The molecule has 1 aliphatic rings. The highest BCUT2D eigenvalue weighted by Crippen LogP contribution is 2.35. The van der Waals surface area contributed by atoms with E-state index in [2.05, 4.69) is 17.1 Å². The number of rotatable bonds is 16.